The minimum absolute atomic E-state index is 0.0577. The highest BCUT2D eigenvalue weighted by molar-refractivity contribution is 5.97. The zero-order valence-corrected chi connectivity index (χ0v) is 8.31. The SMILES string of the molecule is CCCCC1=C(CO)C(=O)CCC1. The van der Waals surface area contributed by atoms with Gasteiger partial charge in [0.05, 0.1) is 6.61 Å². The van der Waals surface area contributed by atoms with Crippen LogP contribution in [0.4, 0.5) is 0 Å². The summed E-state index contributed by atoms with van der Waals surface area (Å²) in [6, 6.07) is 0. The number of hydrogen-bond donors (Lipinski definition) is 1. The summed E-state index contributed by atoms with van der Waals surface area (Å²) in [5.41, 5.74) is 1.92. The molecule has 2 nitrogen and oxygen atoms in total. The van der Waals surface area contributed by atoms with Crippen LogP contribution in [0, 0.1) is 0 Å². The summed E-state index contributed by atoms with van der Waals surface area (Å²) in [6.45, 7) is 2.09. The number of unbranched alkanes of at least 4 members (excludes halogenated alkanes) is 1. The Morgan fingerprint density at radius 2 is 2.15 bits per heavy atom. The third-order valence-electron chi connectivity index (χ3n) is 2.64. The third kappa shape index (κ3) is 2.66. The molecule has 0 amide bonds. The fourth-order valence-corrected chi connectivity index (χ4v) is 1.83. The van der Waals surface area contributed by atoms with Gasteiger partial charge in [0.15, 0.2) is 5.78 Å². The minimum atomic E-state index is -0.0577. The van der Waals surface area contributed by atoms with Gasteiger partial charge in [-0.2, -0.15) is 0 Å². The average molecular weight is 182 g/mol. The zero-order chi connectivity index (χ0) is 9.68. The first-order valence-corrected chi connectivity index (χ1v) is 5.14. The summed E-state index contributed by atoms with van der Waals surface area (Å²) < 4.78 is 0. The van der Waals surface area contributed by atoms with Gasteiger partial charge in [0.1, 0.15) is 0 Å². The highest BCUT2D eigenvalue weighted by Gasteiger charge is 2.18. The van der Waals surface area contributed by atoms with E-state index in [1.54, 1.807) is 0 Å². The Balaban J connectivity index is 2.68. The maximum Gasteiger partial charge on any atom is 0.161 e. The first kappa shape index (κ1) is 10.5. The lowest BCUT2D eigenvalue weighted by atomic mass is 9.88. The van der Waals surface area contributed by atoms with Crippen molar-refractivity contribution < 1.29 is 9.90 Å². The zero-order valence-electron chi connectivity index (χ0n) is 8.31. The van der Waals surface area contributed by atoms with Crippen molar-refractivity contribution in [2.45, 2.75) is 45.4 Å². The molecule has 1 rings (SSSR count). The molecule has 1 N–H and O–H groups in total. The number of rotatable bonds is 4. The Labute approximate surface area is 79.6 Å². The van der Waals surface area contributed by atoms with E-state index in [0.29, 0.717) is 12.0 Å². The number of Topliss-reactive ketones (excluding diaryl/α,β-unsaturated/α-hetero) is 1. The van der Waals surface area contributed by atoms with Gasteiger partial charge in [-0.05, 0) is 25.7 Å². The molecule has 0 heterocycles. The van der Waals surface area contributed by atoms with Crippen LogP contribution < -0.4 is 0 Å². The monoisotopic (exact) mass is 182 g/mol. The van der Waals surface area contributed by atoms with Gasteiger partial charge in [0, 0.05) is 12.0 Å². The second-order valence-corrected chi connectivity index (χ2v) is 3.62. The molecule has 0 bridgehead atoms. The standard InChI is InChI=1S/C11H18O2/c1-2-3-5-9-6-4-7-11(13)10(9)8-12/h12H,2-8H2,1H3. The predicted octanol–water partition coefficient (Wildman–Crippen LogP) is 2.22. The smallest absolute Gasteiger partial charge is 0.161 e. The van der Waals surface area contributed by atoms with E-state index in [9.17, 15) is 4.79 Å². The van der Waals surface area contributed by atoms with Crippen molar-refractivity contribution >= 4 is 5.78 Å². The van der Waals surface area contributed by atoms with Gasteiger partial charge in [0.2, 0.25) is 0 Å². The summed E-state index contributed by atoms with van der Waals surface area (Å²) in [4.78, 5) is 11.4. The summed E-state index contributed by atoms with van der Waals surface area (Å²) in [5, 5.41) is 9.05. The molecule has 74 valence electrons. The fourth-order valence-electron chi connectivity index (χ4n) is 1.83. The molecule has 1 aliphatic carbocycles. The summed E-state index contributed by atoms with van der Waals surface area (Å²) in [5.74, 6) is 0.167. The molecular weight excluding hydrogens is 164 g/mol. The van der Waals surface area contributed by atoms with Gasteiger partial charge in [-0.1, -0.05) is 18.9 Å². The van der Waals surface area contributed by atoms with Gasteiger partial charge in [-0.25, -0.2) is 0 Å². The fraction of sp³-hybridized carbons (Fsp3) is 0.727. The number of ketones is 1. The Hall–Kier alpha value is -0.630. The highest BCUT2D eigenvalue weighted by Crippen LogP contribution is 2.25. The van der Waals surface area contributed by atoms with Gasteiger partial charge in [-0.15, -0.1) is 0 Å². The molecule has 2 heteroatoms. The molecule has 0 atom stereocenters. The molecule has 0 aromatic heterocycles. The lowest BCUT2D eigenvalue weighted by Gasteiger charge is -2.17. The molecule has 0 aromatic rings. The maximum atomic E-state index is 11.4. The quantitative estimate of drug-likeness (QED) is 0.723. The van der Waals surface area contributed by atoms with Crippen LogP contribution >= 0.6 is 0 Å². The molecule has 0 saturated carbocycles. The molecule has 0 saturated heterocycles. The van der Waals surface area contributed by atoms with Crippen molar-refractivity contribution in [2.24, 2.45) is 0 Å². The van der Waals surface area contributed by atoms with Gasteiger partial charge >= 0.3 is 0 Å². The maximum absolute atomic E-state index is 11.4. The van der Waals surface area contributed by atoms with E-state index < -0.39 is 0 Å². The average Bonchev–Trinajstić information content (AvgIpc) is 2.15. The second kappa shape index (κ2) is 5.18. The summed E-state index contributed by atoms with van der Waals surface area (Å²) in [7, 11) is 0. The number of aliphatic hydroxyl groups excluding tert-OH is 1. The lowest BCUT2D eigenvalue weighted by molar-refractivity contribution is -0.116. The largest absolute Gasteiger partial charge is 0.392 e. The number of hydrogen-bond acceptors (Lipinski definition) is 2. The van der Waals surface area contributed by atoms with Crippen molar-refractivity contribution in [3.63, 3.8) is 0 Å². The molecular formula is C11H18O2. The Morgan fingerprint density at radius 3 is 2.77 bits per heavy atom. The summed E-state index contributed by atoms with van der Waals surface area (Å²) in [6.07, 6.45) is 5.90. The van der Waals surface area contributed by atoms with Crippen LogP contribution in [-0.4, -0.2) is 17.5 Å². The third-order valence-corrected chi connectivity index (χ3v) is 2.64. The first-order chi connectivity index (χ1) is 6.29. The van der Waals surface area contributed by atoms with Gasteiger partial charge in [-0.3, -0.25) is 4.79 Å². The van der Waals surface area contributed by atoms with Crippen LogP contribution in [-0.2, 0) is 4.79 Å². The van der Waals surface area contributed by atoms with E-state index in [0.717, 1.165) is 32.1 Å². The molecule has 0 unspecified atom stereocenters. The van der Waals surface area contributed by atoms with E-state index in [1.807, 2.05) is 0 Å². The van der Waals surface area contributed by atoms with Crippen LogP contribution in [0.2, 0.25) is 0 Å². The molecule has 13 heavy (non-hydrogen) atoms. The van der Waals surface area contributed by atoms with Crippen molar-refractivity contribution in [1.29, 1.82) is 0 Å². The molecule has 1 aliphatic rings. The minimum Gasteiger partial charge on any atom is -0.392 e. The lowest BCUT2D eigenvalue weighted by Crippen LogP contribution is -2.14. The number of allylic oxidation sites excluding steroid dienone is 1. The number of carbonyl (C=O) groups excluding carboxylic acids is 1. The van der Waals surface area contributed by atoms with E-state index in [1.165, 1.54) is 5.57 Å². The van der Waals surface area contributed by atoms with Crippen LogP contribution in [0.15, 0.2) is 11.1 Å². The van der Waals surface area contributed by atoms with Crippen LogP contribution in [0.5, 0.6) is 0 Å². The van der Waals surface area contributed by atoms with Crippen molar-refractivity contribution in [1.82, 2.24) is 0 Å². The molecule has 0 fully saturated rings. The predicted molar refractivity (Wildman–Crippen MR) is 52.5 cm³/mol. The number of carbonyl (C=O) groups is 1. The Morgan fingerprint density at radius 1 is 1.38 bits per heavy atom. The van der Waals surface area contributed by atoms with Crippen molar-refractivity contribution in [2.75, 3.05) is 6.61 Å². The summed E-state index contributed by atoms with van der Waals surface area (Å²) >= 11 is 0. The Bertz CT molecular complexity index is 216. The molecule has 0 spiro atoms. The second-order valence-electron chi connectivity index (χ2n) is 3.62. The molecule has 0 aromatic carbocycles. The number of aliphatic hydroxyl groups is 1. The van der Waals surface area contributed by atoms with Crippen LogP contribution in [0.3, 0.4) is 0 Å². The Kier molecular flexibility index (Phi) is 4.16. The van der Waals surface area contributed by atoms with E-state index >= 15 is 0 Å². The van der Waals surface area contributed by atoms with E-state index in [-0.39, 0.29) is 12.4 Å². The van der Waals surface area contributed by atoms with Crippen molar-refractivity contribution in [3.05, 3.63) is 11.1 Å². The van der Waals surface area contributed by atoms with Gasteiger partial charge < -0.3 is 5.11 Å². The first-order valence-electron chi connectivity index (χ1n) is 5.14. The van der Waals surface area contributed by atoms with Crippen LogP contribution in [0.1, 0.15) is 45.4 Å². The topological polar surface area (TPSA) is 37.3 Å². The van der Waals surface area contributed by atoms with E-state index in [4.69, 9.17) is 5.11 Å². The normalized spacial score (nSPS) is 18.2. The van der Waals surface area contributed by atoms with Gasteiger partial charge in [0.25, 0.3) is 0 Å². The molecule has 0 aliphatic heterocycles. The van der Waals surface area contributed by atoms with E-state index in [2.05, 4.69) is 6.92 Å². The van der Waals surface area contributed by atoms with Crippen LogP contribution in [0.25, 0.3) is 0 Å². The molecule has 0 radical (unpaired) electrons. The van der Waals surface area contributed by atoms with Crippen molar-refractivity contribution in [3.8, 4) is 0 Å². The highest BCUT2D eigenvalue weighted by atomic mass is 16.3.